The summed E-state index contributed by atoms with van der Waals surface area (Å²) in [6, 6.07) is 0.753. The SMILES string of the molecule is CN(C)C(=O)CN=C(NC1CCCCC1)NC1CCOC2(CCOC2)C1.I. The van der Waals surface area contributed by atoms with Crippen molar-refractivity contribution < 1.29 is 14.3 Å². The Kier molecular flexibility index (Phi) is 9.07. The maximum atomic E-state index is 12.0. The molecule has 0 radical (unpaired) electrons. The van der Waals surface area contributed by atoms with Gasteiger partial charge in [0.05, 0.1) is 12.2 Å². The van der Waals surface area contributed by atoms with Gasteiger partial charge in [0.15, 0.2) is 5.96 Å². The largest absolute Gasteiger partial charge is 0.378 e. The third-order valence-electron chi connectivity index (χ3n) is 5.72. The molecule has 0 aromatic carbocycles. The van der Waals surface area contributed by atoms with E-state index in [1.165, 1.54) is 32.1 Å². The highest BCUT2D eigenvalue weighted by Gasteiger charge is 2.41. The van der Waals surface area contributed by atoms with E-state index in [2.05, 4.69) is 15.6 Å². The number of amides is 1. The molecule has 156 valence electrons. The molecule has 2 aliphatic heterocycles. The lowest BCUT2D eigenvalue weighted by molar-refractivity contribution is -0.127. The van der Waals surface area contributed by atoms with E-state index in [0.29, 0.717) is 18.7 Å². The van der Waals surface area contributed by atoms with E-state index < -0.39 is 0 Å². The standard InChI is InChI=1S/C19H34N4O3.HI/c1-23(2)17(24)13-20-18(21-15-6-4-3-5-7-15)22-16-8-10-26-19(12-16)9-11-25-14-19;/h15-16H,3-14H2,1-2H3,(H2,20,21,22);1H. The molecule has 8 heteroatoms. The maximum Gasteiger partial charge on any atom is 0.243 e. The quantitative estimate of drug-likeness (QED) is 0.355. The number of nitrogens with one attached hydrogen (secondary N) is 2. The zero-order chi connectivity index (χ0) is 18.4. The summed E-state index contributed by atoms with van der Waals surface area (Å²) in [6.45, 7) is 2.39. The number of rotatable bonds is 4. The van der Waals surface area contributed by atoms with Gasteiger partial charge >= 0.3 is 0 Å². The van der Waals surface area contributed by atoms with Crippen LogP contribution in [-0.2, 0) is 14.3 Å². The summed E-state index contributed by atoms with van der Waals surface area (Å²) < 4.78 is 11.6. The molecule has 7 nitrogen and oxygen atoms in total. The van der Waals surface area contributed by atoms with Crippen molar-refractivity contribution in [2.24, 2.45) is 4.99 Å². The molecule has 1 aliphatic carbocycles. The Morgan fingerprint density at radius 3 is 2.52 bits per heavy atom. The summed E-state index contributed by atoms with van der Waals surface area (Å²) in [5, 5.41) is 7.15. The molecule has 2 N–H and O–H groups in total. The van der Waals surface area contributed by atoms with E-state index in [1.807, 2.05) is 0 Å². The second-order valence-corrected chi connectivity index (χ2v) is 8.10. The van der Waals surface area contributed by atoms with Crippen molar-refractivity contribution in [3.63, 3.8) is 0 Å². The second-order valence-electron chi connectivity index (χ2n) is 8.10. The number of likely N-dealkylation sites (N-methyl/N-ethyl adjacent to an activating group) is 1. The van der Waals surface area contributed by atoms with Crippen molar-refractivity contribution in [3.05, 3.63) is 0 Å². The lowest BCUT2D eigenvalue weighted by Crippen LogP contribution is -2.53. The Morgan fingerprint density at radius 1 is 1.11 bits per heavy atom. The number of halogens is 1. The Bertz CT molecular complexity index is 503. The fourth-order valence-electron chi connectivity index (χ4n) is 4.07. The summed E-state index contributed by atoms with van der Waals surface area (Å²) >= 11 is 0. The predicted octanol–water partition coefficient (Wildman–Crippen LogP) is 1.90. The fourth-order valence-corrected chi connectivity index (χ4v) is 4.07. The van der Waals surface area contributed by atoms with E-state index in [9.17, 15) is 4.79 Å². The Morgan fingerprint density at radius 2 is 1.85 bits per heavy atom. The topological polar surface area (TPSA) is 75.2 Å². The molecule has 1 spiro atoms. The van der Waals surface area contributed by atoms with Crippen molar-refractivity contribution in [2.45, 2.75) is 69.1 Å². The third-order valence-corrected chi connectivity index (χ3v) is 5.72. The highest BCUT2D eigenvalue weighted by Crippen LogP contribution is 2.32. The Balaban J connectivity index is 0.00000261. The van der Waals surface area contributed by atoms with Crippen LogP contribution in [-0.4, -0.2) is 74.9 Å². The maximum absolute atomic E-state index is 12.0. The molecule has 0 aromatic rings. The zero-order valence-electron chi connectivity index (χ0n) is 16.7. The number of carbonyl (C=O) groups excluding carboxylic acids is 1. The molecule has 2 heterocycles. The second kappa shape index (κ2) is 10.8. The normalized spacial score (nSPS) is 29.3. The third kappa shape index (κ3) is 6.74. The van der Waals surface area contributed by atoms with Crippen LogP contribution < -0.4 is 10.6 Å². The van der Waals surface area contributed by atoms with Crippen molar-refractivity contribution in [1.82, 2.24) is 15.5 Å². The van der Waals surface area contributed by atoms with Gasteiger partial charge in [-0.05, 0) is 25.7 Å². The molecule has 0 aromatic heterocycles. The first-order valence-corrected chi connectivity index (χ1v) is 10.1. The molecule has 27 heavy (non-hydrogen) atoms. The summed E-state index contributed by atoms with van der Waals surface area (Å²) in [5.74, 6) is 0.787. The first kappa shape index (κ1) is 22.7. The summed E-state index contributed by atoms with van der Waals surface area (Å²) in [4.78, 5) is 18.1. The number of aliphatic imine (C=N–C) groups is 1. The number of ether oxygens (including phenoxy) is 2. The smallest absolute Gasteiger partial charge is 0.243 e. The molecule has 3 aliphatic rings. The van der Waals surface area contributed by atoms with Crippen LogP contribution in [0.15, 0.2) is 4.99 Å². The van der Waals surface area contributed by atoms with Crippen LogP contribution in [0.4, 0.5) is 0 Å². The van der Waals surface area contributed by atoms with E-state index in [-0.39, 0.29) is 42.0 Å². The van der Waals surface area contributed by atoms with Gasteiger partial charge < -0.3 is 25.0 Å². The lowest BCUT2D eigenvalue weighted by atomic mass is 9.90. The minimum Gasteiger partial charge on any atom is -0.378 e. The number of hydrogen-bond acceptors (Lipinski definition) is 4. The van der Waals surface area contributed by atoms with E-state index in [0.717, 1.165) is 38.4 Å². The molecule has 2 atom stereocenters. The van der Waals surface area contributed by atoms with Gasteiger partial charge in [-0.1, -0.05) is 19.3 Å². The molecule has 1 amide bonds. The van der Waals surface area contributed by atoms with Gasteiger partial charge in [0.2, 0.25) is 5.91 Å². The van der Waals surface area contributed by atoms with Crippen LogP contribution in [0.1, 0.15) is 51.4 Å². The highest BCUT2D eigenvalue weighted by molar-refractivity contribution is 14.0. The average molecular weight is 494 g/mol. The predicted molar refractivity (Wildman–Crippen MR) is 117 cm³/mol. The highest BCUT2D eigenvalue weighted by atomic mass is 127. The lowest BCUT2D eigenvalue weighted by Gasteiger charge is -2.38. The van der Waals surface area contributed by atoms with Gasteiger partial charge in [-0.2, -0.15) is 0 Å². The van der Waals surface area contributed by atoms with Crippen LogP contribution in [0.2, 0.25) is 0 Å². The van der Waals surface area contributed by atoms with Gasteiger partial charge in [0.1, 0.15) is 6.54 Å². The number of nitrogens with zero attached hydrogens (tertiary/aromatic N) is 2. The molecule has 0 bridgehead atoms. The summed E-state index contributed by atoms with van der Waals surface area (Å²) in [5.41, 5.74) is -0.134. The van der Waals surface area contributed by atoms with Crippen molar-refractivity contribution in [3.8, 4) is 0 Å². The minimum atomic E-state index is -0.134. The van der Waals surface area contributed by atoms with Gasteiger partial charge in [0, 0.05) is 45.8 Å². The van der Waals surface area contributed by atoms with E-state index in [4.69, 9.17) is 9.47 Å². The molecule has 3 rings (SSSR count). The summed E-state index contributed by atoms with van der Waals surface area (Å²) in [7, 11) is 3.53. The first-order chi connectivity index (χ1) is 12.6. The van der Waals surface area contributed by atoms with Crippen molar-refractivity contribution in [1.29, 1.82) is 0 Å². The van der Waals surface area contributed by atoms with Gasteiger partial charge in [-0.25, -0.2) is 4.99 Å². The Labute approximate surface area is 180 Å². The van der Waals surface area contributed by atoms with Crippen LogP contribution >= 0.6 is 24.0 Å². The van der Waals surface area contributed by atoms with Crippen LogP contribution in [0, 0.1) is 0 Å². The minimum absolute atomic E-state index is 0. The van der Waals surface area contributed by atoms with E-state index >= 15 is 0 Å². The van der Waals surface area contributed by atoms with Gasteiger partial charge in [-0.3, -0.25) is 4.79 Å². The number of guanidine groups is 1. The molecular weight excluding hydrogens is 459 g/mol. The fraction of sp³-hybridized carbons (Fsp3) is 0.895. The monoisotopic (exact) mass is 494 g/mol. The van der Waals surface area contributed by atoms with Crippen LogP contribution in [0.3, 0.4) is 0 Å². The number of carbonyl (C=O) groups is 1. The molecule has 2 unspecified atom stereocenters. The number of hydrogen-bond donors (Lipinski definition) is 2. The van der Waals surface area contributed by atoms with Crippen LogP contribution in [0.5, 0.6) is 0 Å². The van der Waals surface area contributed by atoms with Gasteiger partial charge in [0.25, 0.3) is 0 Å². The summed E-state index contributed by atoms with van der Waals surface area (Å²) in [6.07, 6.45) is 9.04. The van der Waals surface area contributed by atoms with Gasteiger partial charge in [-0.15, -0.1) is 24.0 Å². The zero-order valence-corrected chi connectivity index (χ0v) is 19.0. The molecule has 1 saturated carbocycles. The molecular formula is C19H35IN4O3. The van der Waals surface area contributed by atoms with Crippen LogP contribution in [0.25, 0.3) is 0 Å². The van der Waals surface area contributed by atoms with Crippen molar-refractivity contribution >= 4 is 35.8 Å². The molecule has 2 saturated heterocycles. The average Bonchev–Trinajstić information content (AvgIpc) is 3.07. The van der Waals surface area contributed by atoms with Crippen molar-refractivity contribution in [2.75, 3.05) is 40.5 Å². The molecule has 3 fully saturated rings. The van der Waals surface area contributed by atoms with E-state index in [1.54, 1.807) is 19.0 Å². The first-order valence-electron chi connectivity index (χ1n) is 10.1. The Hall–Kier alpha value is -0.610.